The summed E-state index contributed by atoms with van der Waals surface area (Å²) < 4.78 is 0. The summed E-state index contributed by atoms with van der Waals surface area (Å²) in [7, 11) is 0. The molecular weight excluding hydrogens is 250 g/mol. The van der Waals surface area contributed by atoms with Gasteiger partial charge in [0.2, 0.25) is 0 Å². The van der Waals surface area contributed by atoms with Gasteiger partial charge in [-0.05, 0) is 31.5 Å². The smallest absolute Gasteiger partial charge is 0.0711 e. The Morgan fingerprint density at radius 2 is 1.11 bits per heavy atom. The molecule has 0 aromatic carbocycles. The lowest BCUT2D eigenvalue weighted by atomic mass is 9.82. The van der Waals surface area contributed by atoms with E-state index in [-0.39, 0.29) is 5.54 Å². The maximum Gasteiger partial charge on any atom is 0.0711 e. The zero-order valence-corrected chi connectivity index (χ0v) is 14.2. The van der Waals surface area contributed by atoms with Crippen LogP contribution in [-0.2, 0) is 0 Å². The number of hydrogen-bond acceptors (Lipinski definition) is 2. The topological polar surface area (TPSA) is 12.4 Å². The van der Waals surface area contributed by atoms with Crippen LogP contribution < -0.4 is 0 Å². The summed E-state index contributed by atoms with van der Waals surface area (Å²) in [5, 5.41) is 2.70. The van der Waals surface area contributed by atoms with E-state index in [1.165, 1.54) is 77.0 Å². The van der Waals surface area contributed by atoms with Gasteiger partial charge in [-0.25, -0.2) is 4.99 Å². The van der Waals surface area contributed by atoms with Crippen LogP contribution >= 0.6 is 12.2 Å². The van der Waals surface area contributed by atoms with E-state index in [0.717, 1.165) is 0 Å². The molecule has 0 radical (unpaired) electrons. The molecule has 0 bridgehead atoms. The van der Waals surface area contributed by atoms with Gasteiger partial charge in [-0.3, -0.25) is 0 Å². The Hall–Kier alpha value is -0.200. The highest BCUT2D eigenvalue weighted by Gasteiger charge is 2.27. The number of isothiocyanates is 1. The molecule has 0 fully saturated rings. The van der Waals surface area contributed by atoms with Crippen molar-refractivity contribution in [2.75, 3.05) is 0 Å². The van der Waals surface area contributed by atoms with Gasteiger partial charge in [0.15, 0.2) is 0 Å². The minimum Gasteiger partial charge on any atom is -0.226 e. The van der Waals surface area contributed by atoms with Crippen LogP contribution in [0.4, 0.5) is 0 Å². The predicted octanol–water partition coefficient (Wildman–Crippen LogP) is 6.57. The Morgan fingerprint density at radius 1 is 0.737 bits per heavy atom. The molecule has 0 amide bonds. The van der Waals surface area contributed by atoms with Gasteiger partial charge in [-0.15, -0.1) is 0 Å². The second-order valence-corrected chi connectivity index (χ2v) is 5.98. The van der Waals surface area contributed by atoms with Gasteiger partial charge < -0.3 is 0 Å². The Kier molecular flexibility index (Phi) is 12.7. The van der Waals surface area contributed by atoms with Gasteiger partial charge in [0, 0.05) is 0 Å². The number of nitrogens with zero attached hydrogens (tertiary/aromatic N) is 1. The molecule has 0 N–H and O–H groups in total. The first-order chi connectivity index (χ1) is 9.24. The molecule has 0 saturated carbocycles. The normalized spacial score (nSPS) is 11.3. The maximum absolute atomic E-state index is 4.92. The van der Waals surface area contributed by atoms with Crippen LogP contribution in [-0.4, -0.2) is 10.7 Å². The van der Waals surface area contributed by atoms with Gasteiger partial charge in [0.1, 0.15) is 0 Å². The number of unbranched alkanes of at least 4 members (excludes halogenated alkanes) is 6. The average Bonchev–Trinajstić information content (AvgIpc) is 2.40. The molecule has 0 spiro atoms. The molecule has 0 saturated heterocycles. The van der Waals surface area contributed by atoms with Crippen LogP contribution in [0.3, 0.4) is 0 Å². The second kappa shape index (κ2) is 12.8. The van der Waals surface area contributed by atoms with Crippen molar-refractivity contribution in [3.8, 4) is 0 Å². The lowest BCUT2D eigenvalue weighted by Gasteiger charge is -2.29. The molecule has 19 heavy (non-hydrogen) atoms. The monoisotopic (exact) mass is 283 g/mol. The number of thiocarbonyl (C=S) groups is 1. The third-order valence-electron chi connectivity index (χ3n) is 4.02. The van der Waals surface area contributed by atoms with Crippen LogP contribution in [0.15, 0.2) is 4.99 Å². The summed E-state index contributed by atoms with van der Waals surface area (Å²) in [6.07, 6.45) is 15.3. The van der Waals surface area contributed by atoms with E-state index in [4.69, 9.17) is 12.2 Å². The van der Waals surface area contributed by atoms with E-state index in [1.54, 1.807) is 0 Å². The van der Waals surface area contributed by atoms with E-state index in [9.17, 15) is 0 Å². The van der Waals surface area contributed by atoms with Crippen LogP contribution in [0.1, 0.15) is 97.8 Å². The lowest BCUT2D eigenvalue weighted by molar-refractivity contribution is 0.311. The highest BCUT2D eigenvalue weighted by atomic mass is 32.1. The summed E-state index contributed by atoms with van der Waals surface area (Å²) in [6.45, 7) is 6.79. The van der Waals surface area contributed by atoms with E-state index in [0.29, 0.717) is 0 Å². The van der Waals surface area contributed by atoms with Crippen molar-refractivity contribution < 1.29 is 0 Å². The minimum absolute atomic E-state index is 0.112. The maximum atomic E-state index is 4.92. The molecule has 112 valence electrons. The number of rotatable bonds is 13. The van der Waals surface area contributed by atoms with Crippen molar-refractivity contribution in [1.29, 1.82) is 0 Å². The van der Waals surface area contributed by atoms with E-state index < -0.39 is 0 Å². The van der Waals surface area contributed by atoms with Gasteiger partial charge in [0.05, 0.1) is 10.7 Å². The molecule has 0 aromatic heterocycles. The molecule has 0 aliphatic rings. The summed E-state index contributed by atoms with van der Waals surface area (Å²) in [4.78, 5) is 4.64. The van der Waals surface area contributed by atoms with Gasteiger partial charge in [0.25, 0.3) is 0 Å². The van der Waals surface area contributed by atoms with E-state index >= 15 is 0 Å². The first-order valence-electron chi connectivity index (χ1n) is 8.33. The molecule has 0 heterocycles. The second-order valence-electron chi connectivity index (χ2n) is 5.80. The minimum atomic E-state index is 0.112. The first kappa shape index (κ1) is 18.8. The van der Waals surface area contributed by atoms with Crippen LogP contribution in [0.25, 0.3) is 0 Å². The molecule has 0 atom stereocenters. The average molecular weight is 284 g/mol. The van der Waals surface area contributed by atoms with Crippen LogP contribution in [0.5, 0.6) is 0 Å². The molecule has 0 aromatic rings. The van der Waals surface area contributed by atoms with Crippen LogP contribution in [0, 0.1) is 0 Å². The fourth-order valence-electron chi connectivity index (χ4n) is 2.75. The lowest BCUT2D eigenvalue weighted by Crippen LogP contribution is -2.26. The zero-order valence-electron chi connectivity index (χ0n) is 13.3. The molecule has 0 rings (SSSR count). The van der Waals surface area contributed by atoms with Crippen molar-refractivity contribution >= 4 is 17.4 Å². The Balaban J connectivity index is 4.52. The third-order valence-corrected chi connectivity index (χ3v) is 4.11. The Bertz CT molecular complexity index is 217. The van der Waals surface area contributed by atoms with Crippen molar-refractivity contribution in [2.24, 2.45) is 4.99 Å². The highest BCUT2D eigenvalue weighted by Crippen LogP contribution is 2.32. The molecule has 0 unspecified atom stereocenters. The van der Waals surface area contributed by atoms with E-state index in [1.807, 2.05) is 0 Å². The SMILES string of the molecule is CCCCCC(CCCCC)(CCCCC)N=C=S. The summed E-state index contributed by atoms with van der Waals surface area (Å²) in [5.41, 5.74) is 0.112. The Morgan fingerprint density at radius 3 is 1.37 bits per heavy atom. The summed E-state index contributed by atoms with van der Waals surface area (Å²) >= 11 is 4.92. The van der Waals surface area contributed by atoms with Crippen molar-refractivity contribution in [3.05, 3.63) is 0 Å². The molecule has 1 nitrogen and oxygen atoms in total. The van der Waals surface area contributed by atoms with Crippen molar-refractivity contribution in [1.82, 2.24) is 0 Å². The quantitative estimate of drug-likeness (QED) is 0.211. The fourth-order valence-corrected chi connectivity index (χ4v) is 2.95. The van der Waals surface area contributed by atoms with Crippen molar-refractivity contribution in [2.45, 2.75) is 103 Å². The van der Waals surface area contributed by atoms with Crippen molar-refractivity contribution in [3.63, 3.8) is 0 Å². The summed E-state index contributed by atoms with van der Waals surface area (Å²) in [5.74, 6) is 0. The molecule has 2 heteroatoms. The number of aliphatic imine (C=N–C) groups is 1. The molecule has 0 aliphatic heterocycles. The van der Waals surface area contributed by atoms with Crippen LogP contribution in [0.2, 0.25) is 0 Å². The standard InChI is InChI=1S/C17H33NS/c1-4-7-10-13-17(18-16-19,14-11-8-5-2)15-12-9-6-3/h4-15H2,1-3H3. The predicted molar refractivity (Wildman–Crippen MR) is 90.2 cm³/mol. The van der Waals surface area contributed by atoms with E-state index in [2.05, 4.69) is 30.9 Å². The van der Waals surface area contributed by atoms with Gasteiger partial charge >= 0.3 is 0 Å². The third kappa shape index (κ3) is 9.35. The largest absolute Gasteiger partial charge is 0.226 e. The Labute approximate surface area is 126 Å². The zero-order chi connectivity index (χ0) is 14.4. The summed E-state index contributed by atoms with van der Waals surface area (Å²) in [6, 6.07) is 0. The molecular formula is C17H33NS. The fraction of sp³-hybridized carbons (Fsp3) is 0.941. The molecule has 0 aliphatic carbocycles. The number of hydrogen-bond donors (Lipinski definition) is 0. The van der Waals surface area contributed by atoms with Gasteiger partial charge in [-0.1, -0.05) is 78.6 Å². The van der Waals surface area contributed by atoms with Gasteiger partial charge in [-0.2, -0.15) is 0 Å². The first-order valence-corrected chi connectivity index (χ1v) is 8.74. The highest BCUT2D eigenvalue weighted by molar-refractivity contribution is 7.78.